The number of nitrogen functional groups attached to an aromatic ring is 1. The van der Waals surface area contributed by atoms with Crippen LogP contribution in [0.1, 0.15) is 43.7 Å². The van der Waals surface area contributed by atoms with Gasteiger partial charge in [-0.1, -0.05) is 0 Å². The molecule has 5 heterocycles. The predicted molar refractivity (Wildman–Crippen MR) is 169 cm³/mol. The summed E-state index contributed by atoms with van der Waals surface area (Å²) in [5.74, 6) is -2.75. The second-order valence-corrected chi connectivity index (χ2v) is 11.4. The lowest BCUT2D eigenvalue weighted by Gasteiger charge is -2.23. The van der Waals surface area contributed by atoms with Gasteiger partial charge in [-0.2, -0.15) is 0 Å². The van der Waals surface area contributed by atoms with Crippen LogP contribution in [0.2, 0.25) is 0 Å². The smallest absolute Gasteiger partial charge is 0.303 e. The summed E-state index contributed by atoms with van der Waals surface area (Å²) in [4.78, 5) is 70.7. The molecular weight excluding hydrogens is 700 g/mol. The summed E-state index contributed by atoms with van der Waals surface area (Å²) in [6.45, 7) is 3.49. The van der Waals surface area contributed by atoms with Crippen molar-refractivity contribution >= 4 is 40.8 Å². The van der Waals surface area contributed by atoms with Gasteiger partial charge < -0.3 is 59.9 Å². The third-order valence-electron chi connectivity index (χ3n) is 7.68. The molecule has 0 saturated carbocycles. The maximum atomic E-state index is 12.8. The number of amides is 1. The van der Waals surface area contributed by atoms with Crippen LogP contribution in [0, 0.1) is 0 Å². The van der Waals surface area contributed by atoms with Crippen molar-refractivity contribution < 1.29 is 67.7 Å². The number of esters is 3. The zero-order valence-corrected chi connectivity index (χ0v) is 28.5. The summed E-state index contributed by atoms with van der Waals surface area (Å²) in [5, 5.41) is 28.3. The van der Waals surface area contributed by atoms with Crippen molar-refractivity contribution in [3.63, 3.8) is 0 Å². The summed E-state index contributed by atoms with van der Waals surface area (Å²) in [7, 11) is 1.53. The number of rotatable bonds is 13. The molecule has 286 valence electrons. The molecule has 52 heavy (non-hydrogen) atoms. The lowest BCUT2D eigenvalue weighted by Crippen LogP contribution is -2.40. The number of hydrogen-bond donors (Lipinski definition) is 5. The first kappa shape index (κ1) is 39.7. The molecule has 2 aliphatic heterocycles. The molecule has 0 radical (unpaired) electrons. The van der Waals surface area contributed by atoms with Crippen LogP contribution in [-0.4, -0.2) is 138 Å². The van der Waals surface area contributed by atoms with Crippen LogP contribution >= 0.6 is 0 Å². The Balaban J connectivity index is 0.000000281. The summed E-state index contributed by atoms with van der Waals surface area (Å²) >= 11 is 0. The molecule has 2 saturated heterocycles. The maximum absolute atomic E-state index is 12.8. The maximum Gasteiger partial charge on any atom is 0.303 e. The molecule has 0 aliphatic carbocycles. The van der Waals surface area contributed by atoms with E-state index >= 15 is 0 Å². The summed E-state index contributed by atoms with van der Waals surface area (Å²) in [5.41, 5.74) is 10.3. The molecule has 1 amide bonds. The normalized spacial score (nSPS) is 25.4. The monoisotopic (exact) mass is 740 g/mol. The van der Waals surface area contributed by atoms with E-state index in [9.17, 15) is 34.2 Å². The third-order valence-corrected chi connectivity index (χ3v) is 7.68. The van der Waals surface area contributed by atoms with Crippen molar-refractivity contribution in [2.24, 2.45) is 5.73 Å². The highest BCUT2D eigenvalue weighted by Gasteiger charge is 2.51. The molecule has 2 aliphatic rings. The van der Waals surface area contributed by atoms with Gasteiger partial charge >= 0.3 is 17.9 Å². The van der Waals surface area contributed by atoms with Crippen LogP contribution in [0.3, 0.4) is 0 Å². The Kier molecular flexibility index (Phi) is 13.3. The first-order valence-electron chi connectivity index (χ1n) is 15.6. The number of ether oxygens (including phenoxy) is 7. The quantitative estimate of drug-likeness (QED) is 0.0651. The first-order chi connectivity index (χ1) is 24.7. The number of hydrogen-bond acceptors (Lipinski definition) is 19. The number of aliphatic hydroxyl groups excluding tert-OH is 3. The van der Waals surface area contributed by atoms with Crippen LogP contribution in [0.4, 0.5) is 5.82 Å². The van der Waals surface area contributed by atoms with Crippen molar-refractivity contribution in [3.8, 4) is 0 Å². The third kappa shape index (κ3) is 8.87. The summed E-state index contributed by atoms with van der Waals surface area (Å²) in [6.07, 6.45) is -4.97. The summed E-state index contributed by atoms with van der Waals surface area (Å²) < 4.78 is 41.0. The number of methoxy groups -OCH3 is 1. The fourth-order valence-corrected chi connectivity index (χ4v) is 5.32. The van der Waals surface area contributed by atoms with E-state index in [1.807, 2.05) is 0 Å². The van der Waals surface area contributed by atoms with Gasteiger partial charge in [0.2, 0.25) is 0 Å². The minimum Gasteiger partial charge on any atom is -0.463 e. The molecule has 8 atom stereocenters. The van der Waals surface area contributed by atoms with Crippen molar-refractivity contribution in [2.45, 2.75) is 76.6 Å². The minimum absolute atomic E-state index is 0.0236. The molecule has 5 rings (SSSR count). The topological polar surface area (TPSA) is 316 Å². The molecular formula is C29H40N8O15. The molecule has 0 aromatic carbocycles. The molecule has 0 bridgehead atoms. The molecule has 3 aromatic heterocycles. The predicted octanol–water partition coefficient (Wildman–Crippen LogP) is -3.29. The van der Waals surface area contributed by atoms with E-state index in [1.165, 1.54) is 60.6 Å². The lowest BCUT2D eigenvalue weighted by atomic mass is 10.1. The van der Waals surface area contributed by atoms with E-state index < -0.39 is 85.1 Å². The molecule has 2 unspecified atom stereocenters. The Labute approximate surface area is 293 Å². The number of nitrogens with two attached hydrogens (primary N) is 2. The number of anilines is 1. The number of imidazole rings is 2. The average Bonchev–Trinajstić information content (AvgIpc) is 3.84. The molecule has 2 fully saturated rings. The Bertz CT molecular complexity index is 1790. The van der Waals surface area contributed by atoms with Crippen molar-refractivity contribution in [2.75, 3.05) is 39.3 Å². The highest BCUT2D eigenvalue weighted by atomic mass is 16.7. The number of nitrogens with zero attached hydrogens (tertiary/aromatic N) is 6. The van der Waals surface area contributed by atoms with Gasteiger partial charge in [-0.25, -0.2) is 15.0 Å². The van der Waals surface area contributed by atoms with Crippen molar-refractivity contribution in [1.82, 2.24) is 28.7 Å². The van der Waals surface area contributed by atoms with Gasteiger partial charge in [-0.15, -0.1) is 0 Å². The van der Waals surface area contributed by atoms with E-state index in [2.05, 4.69) is 15.0 Å². The SMILES string of the molecule is COCCOCn1cnc2c(ncn2[C@@H]2O[C@H](COC(C)=O)[C@H](OC(C)=O)C2OC(C)=O)c1=O.NC(=O)c1ncn([C@@H]2O[C@H](CO)[C@H](O)C2O)c1N. The van der Waals surface area contributed by atoms with Gasteiger partial charge in [0.05, 0.1) is 32.5 Å². The summed E-state index contributed by atoms with van der Waals surface area (Å²) in [6, 6.07) is 0. The molecule has 7 N–H and O–H groups in total. The fraction of sp³-hybridized carbons (Fsp3) is 0.586. The van der Waals surface area contributed by atoms with Gasteiger partial charge in [0.15, 0.2) is 41.5 Å². The van der Waals surface area contributed by atoms with Crippen molar-refractivity contribution in [1.29, 1.82) is 0 Å². The Morgan fingerprint density at radius 3 is 2.10 bits per heavy atom. The number of aromatic nitrogens is 6. The Hall–Kier alpha value is -5.04. The molecule has 23 nitrogen and oxygen atoms in total. The van der Waals surface area contributed by atoms with Crippen LogP contribution in [0.25, 0.3) is 11.2 Å². The Morgan fingerprint density at radius 1 is 0.865 bits per heavy atom. The zero-order valence-electron chi connectivity index (χ0n) is 28.5. The molecule has 0 spiro atoms. The number of aliphatic hydroxyl groups is 3. The van der Waals surface area contributed by atoms with Crippen LogP contribution in [-0.2, 0) is 54.3 Å². The highest BCUT2D eigenvalue weighted by molar-refractivity contribution is 5.95. The van der Waals surface area contributed by atoms with Gasteiger partial charge in [-0.05, 0) is 0 Å². The molecule has 3 aromatic rings. The van der Waals surface area contributed by atoms with E-state index in [4.69, 9.17) is 49.7 Å². The minimum atomic E-state index is -1.29. The van der Waals surface area contributed by atoms with Crippen LogP contribution in [0.15, 0.2) is 23.8 Å². The van der Waals surface area contributed by atoms with Crippen LogP contribution < -0.4 is 17.0 Å². The average molecular weight is 741 g/mol. The number of carbonyl (C=O) groups is 4. The van der Waals surface area contributed by atoms with Gasteiger partial charge in [0, 0.05) is 27.9 Å². The highest BCUT2D eigenvalue weighted by Crippen LogP contribution is 2.36. The number of primary amides is 1. The molecule has 23 heteroatoms. The van der Waals surface area contributed by atoms with E-state index in [0.717, 1.165) is 0 Å². The number of fused-ring (bicyclic) bond motifs is 1. The first-order valence-corrected chi connectivity index (χ1v) is 15.6. The van der Waals surface area contributed by atoms with Gasteiger partial charge in [-0.3, -0.25) is 37.7 Å². The van der Waals surface area contributed by atoms with Crippen LogP contribution in [0.5, 0.6) is 0 Å². The standard InChI is InChI=1S/C20H26N4O10.C9H14N4O5/c1-11(25)31-7-14-16(32-12(2)26)17(33-13(3)27)20(34-14)24-9-21-15-18(24)22-8-23(19(15)28)10-30-6-5-29-4;10-7-4(8(11)17)12-2-13(7)9-6(16)5(15)3(1-14)18-9/h8-9,14,16-17,20H,5-7,10H2,1-4H3;2-3,5-6,9,14-16H,1,10H2,(H2,11,17)/t14-,16+,17?,20-;3-,5+,6?,9-/m11/s1. The lowest BCUT2D eigenvalue weighted by molar-refractivity contribution is -0.166. The van der Waals surface area contributed by atoms with Gasteiger partial charge in [0.25, 0.3) is 11.5 Å². The largest absolute Gasteiger partial charge is 0.463 e. The van der Waals surface area contributed by atoms with Crippen molar-refractivity contribution in [3.05, 3.63) is 35.0 Å². The number of carbonyl (C=O) groups excluding carboxylic acids is 4. The van der Waals surface area contributed by atoms with Gasteiger partial charge in [0.1, 0.15) is 49.9 Å². The fourth-order valence-electron chi connectivity index (χ4n) is 5.32. The van der Waals surface area contributed by atoms with E-state index in [-0.39, 0.29) is 42.6 Å². The van der Waals surface area contributed by atoms with E-state index in [0.29, 0.717) is 6.61 Å². The zero-order chi connectivity index (χ0) is 38.3. The Morgan fingerprint density at radius 2 is 1.52 bits per heavy atom. The van der Waals surface area contributed by atoms with E-state index in [1.54, 1.807) is 0 Å². The second-order valence-electron chi connectivity index (χ2n) is 11.4. The second kappa shape index (κ2) is 17.5.